The Morgan fingerprint density at radius 2 is 2.14 bits per heavy atom. The lowest BCUT2D eigenvalue weighted by Gasteiger charge is -2.28. The summed E-state index contributed by atoms with van der Waals surface area (Å²) < 4.78 is 5.29. The standard InChI is InChI=1S/C14H17ClN2O4/c1-9(10-4-6-21-7-5-10)16-14(18)12-8-11(15)2-3-13(12)17(19)20/h2-3,8-10H,4-7H2,1H3,(H,16,18). The van der Waals surface area contributed by atoms with Crippen LogP contribution in [0, 0.1) is 16.0 Å². The number of carbonyl (C=O) groups is 1. The first kappa shape index (κ1) is 15.7. The van der Waals surface area contributed by atoms with Crippen LogP contribution in [0.1, 0.15) is 30.1 Å². The van der Waals surface area contributed by atoms with Gasteiger partial charge in [0, 0.05) is 30.3 Å². The second-order valence-electron chi connectivity index (χ2n) is 5.13. The fraction of sp³-hybridized carbons (Fsp3) is 0.500. The Bertz CT molecular complexity index is 544. The van der Waals surface area contributed by atoms with Crippen LogP contribution in [0.4, 0.5) is 5.69 Å². The van der Waals surface area contributed by atoms with E-state index in [0.717, 1.165) is 12.8 Å². The molecule has 1 unspecified atom stereocenters. The van der Waals surface area contributed by atoms with Crippen molar-refractivity contribution in [1.82, 2.24) is 5.32 Å². The summed E-state index contributed by atoms with van der Waals surface area (Å²) in [6.45, 7) is 3.27. The molecule has 21 heavy (non-hydrogen) atoms. The topological polar surface area (TPSA) is 81.5 Å². The van der Waals surface area contributed by atoms with Crippen molar-refractivity contribution < 1.29 is 14.5 Å². The van der Waals surface area contributed by atoms with E-state index in [0.29, 0.717) is 24.2 Å². The summed E-state index contributed by atoms with van der Waals surface area (Å²) in [6.07, 6.45) is 1.75. The van der Waals surface area contributed by atoms with Crippen molar-refractivity contribution in [2.75, 3.05) is 13.2 Å². The highest BCUT2D eigenvalue weighted by molar-refractivity contribution is 6.31. The van der Waals surface area contributed by atoms with Crippen LogP contribution in [-0.2, 0) is 4.74 Å². The quantitative estimate of drug-likeness (QED) is 0.684. The maximum atomic E-state index is 12.3. The van der Waals surface area contributed by atoms with E-state index >= 15 is 0 Å². The van der Waals surface area contributed by atoms with Crippen molar-refractivity contribution in [3.63, 3.8) is 0 Å². The van der Waals surface area contributed by atoms with Gasteiger partial charge in [0.1, 0.15) is 5.56 Å². The maximum Gasteiger partial charge on any atom is 0.282 e. The predicted molar refractivity (Wildman–Crippen MR) is 78.6 cm³/mol. The van der Waals surface area contributed by atoms with Gasteiger partial charge in [-0.05, 0) is 37.8 Å². The molecule has 0 radical (unpaired) electrons. The average molecular weight is 313 g/mol. The van der Waals surface area contributed by atoms with Gasteiger partial charge < -0.3 is 10.1 Å². The van der Waals surface area contributed by atoms with Crippen LogP contribution in [0.2, 0.25) is 5.02 Å². The van der Waals surface area contributed by atoms with Gasteiger partial charge in [0.25, 0.3) is 11.6 Å². The molecular formula is C14H17ClN2O4. The molecule has 1 N–H and O–H groups in total. The fourth-order valence-electron chi connectivity index (χ4n) is 2.47. The fourth-order valence-corrected chi connectivity index (χ4v) is 2.64. The van der Waals surface area contributed by atoms with E-state index in [4.69, 9.17) is 16.3 Å². The van der Waals surface area contributed by atoms with Crippen LogP contribution in [-0.4, -0.2) is 30.1 Å². The first-order valence-electron chi connectivity index (χ1n) is 6.81. The van der Waals surface area contributed by atoms with Crippen LogP contribution >= 0.6 is 11.6 Å². The van der Waals surface area contributed by atoms with E-state index in [1.54, 1.807) is 0 Å². The minimum absolute atomic E-state index is 0.00795. The van der Waals surface area contributed by atoms with Gasteiger partial charge in [0.2, 0.25) is 0 Å². The molecule has 1 saturated heterocycles. The first-order chi connectivity index (χ1) is 9.99. The molecule has 0 aliphatic carbocycles. The molecule has 6 nitrogen and oxygen atoms in total. The molecule has 114 valence electrons. The van der Waals surface area contributed by atoms with E-state index in [1.165, 1.54) is 18.2 Å². The maximum absolute atomic E-state index is 12.3. The Labute approximate surface area is 127 Å². The van der Waals surface area contributed by atoms with E-state index < -0.39 is 10.8 Å². The number of ether oxygens (including phenoxy) is 1. The number of benzene rings is 1. The third-order valence-electron chi connectivity index (χ3n) is 3.73. The van der Waals surface area contributed by atoms with Crippen LogP contribution < -0.4 is 5.32 Å². The molecule has 1 amide bonds. The Kier molecular flexibility index (Phi) is 5.14. The Morgan fingerprint density at radius 3 is 2.76 bits per heavy atom. The Morgan fingerprint density at radius 1 is 1.48 bits per heavy atom. The molecule has 0 bridgehead atoms. The normalized spacial score (nSPS) is 17.2. The van der Waals surface area contributed by atoms with Crippen LogP contribution in [0.3, 0.4) is 0 Å². The Hall–Kier alpha value is -1.66. The number of halogens is 1. The highest BCUT2D eigenvalue weighted by Gasteiger charge is 2.25. The largest absolute Gasteiger partial charge is 0.381 e. The summed E-state index contributed by atoms with van der Waals surface area (Å²) in [6, 6.07) is 3.90. The highest BCUT2D eigenvalue weighted by atomic mass is 35.5. The van der Waals surface area contributed by atoms with E-state index in [1.807, 2.05) is 6.92 Å². The van der Waals surface area contributed by atoms with Gasteiger partial charge in [-0.3, -0.25) is 14.9 Å². The zero-order valence-electron chi connectivity index (χ0n) is 11.7. The molecule has 0 aromatic heterocycles. The number of carbonyl (C=O) groups excluding carboxylic acids is 1. The van der Waals surface area contributed by atoms with Gasteiger partial charge in [-0.15, -0.1) is 0 Å². The van der Waals surface area contributed by atoms with Gasteiger partial charge in [-0.1, -0.05) is 11.6 Å². The smallest absolute Gasteiger partial charge is 0.282 e. The summed E-state index contributed by atoms with van der Waals surface area (Å²) in [7, 11) is 0. The number of nitrogens with zero attached hydrogens (tertiary/aromatic N) is 1. The molecule has 1 heterocycles. The average Bonchev–Trinajstić information content (AvgIpc) is 2.47. The monoisotopic (exact) mass is 312 g/mol. The molecule has 2 rings (SSSR count). The van der Waals surface area contributed by atoms with Crippen LogP contribution in [0.25, 0.3) is 0 Å². The highest BCUT2D eigenvalue weighted by Crippen LogP contribution is 2.24. The van der Waals surface area contributed by atoms with Gasteiger partial charge in [-0.25, -0.2) is 0 Å². The van der Waals surface area contributed by atoms with Gasteiger partial charge in [-0.2, -0.15) is 0 Å². The number of hydrogen-bond acceptors (Lipinski definition) is 4. The molecule has 1 atom stereocenters. The molecule has 0 spiro atoms. The zero-order valence-corrected chi connectivity index (χ0v) is 12.4. The zero-order chi connectivity index (χ0) is 15.4. The van der Waals surface area contributed by atoms with Gasteiger partial charge in [0.15, 0.2) is 0 Å². The molecule has 1 aliphatic heterocycles. The van der Waals surface area contributed by atoms with E-state index in [9.17, 15) is 14.9 Å². The minimum atomic E-state index is -0.579. The summed E-state index contributed by atoms with van der Waals surface area (Å²) in [5, 5.41) is 14.1. The molecular weight excluding hydrogens is 296 g/mol. The van der Waals surface area contributed by atoms with Crippen LogP contribution in [0.5, 0.6) is 0 Å². The third kappa shape index (κ3) is 3.92. The number of rotatable bonds is 4. The lowest BCUT2D eigenvalue weighted by atomic mass is 9.92. The van der Waals surface area contributed by atoms with Crippen LogP contribution in [0.15, 0.2) is 18.2 Å². The van der Waals surface area contributed by atoms with Gasteiger partial charge in [0.05, 0.1) is 4.92 Å². The molecule has 7 heteroatoms. The van der Waals surface area contributed by atoms with E-state index in [-0.39, 0.29) is 17.3 Å². The SMILES string of the molecule is CC(NC(=O)c1cc(Cl)ccc1[N+](=O)[O-])C1CCOCC1. The second-order valence-corrected chi connectivity index (χ2v) is 5.57. The molecule has 1 fully saturated rings. The predicted octanol–water partition coefficient (Wildman–Crippen LogP) is 2.79. The minimum Gasteiger partial charge on any atom is -0.381 e. The number of nitro benzene ring substituents is 1. The molecule has 1 aliphatic rings. The second kappa shape index (κ2) is 6.87. The summed E-state index contributed by atoms with van der Waals surface area (Å²) in [4.78, 5) is 22.7. The Balaban J connectivity index is 2.12. The number of hydrogen-bond donors (Lipinski definition) is 1. The summed E-state index contributed by atoms with van der Waals surface area (Å²) in [5.74, 6) is -0.149. The number of amides is 1. The molecule has 0 saturated carbocycles. The van der Waals surface area contributed by atoms with Crippen molar-refractivity contribution in [3.05, 3.63) is 38.9 Å². The van der Waals surface area contributed by atoms with E-state index in [2.05, 4.69) is 5.32 Å². The lowest BCUT2D eigenvalue weighted by Crippen LogP contribution is -2.40. The summed E-state index contributed by atoms with van der Waals surface area (Å²) >= 11 is 5.83. The van der Waals surface area contributed by atoms with Crippen molar-refractivity contribution >= 4 is 23.2 Å². The number of nitrogens with one attached hydrogen (secondary N) is 1. The number of nitro groups is 1. The van der Waals surface area contributed by atoms with Crippen molar-refractivity contribution in [2.45, 2.75) is 25.8 Å². The molecule has 1 aromatic carbocycles. The lowest BCUT2D eigenvalue weighted by molar-refractivity contribution is -0.385. The summed E-state index contributed by atoms with van der Waals surface area (Å²) in [5.41, 5.74) is -0.248. The first-order valence-corrected chi connectivity index (χ1v) is 7.19. The van der Waals surface area contributed by atoms with Crippen molar-refractivity contribution in [2.24, 2.45) is 5.92 Å². The van der Waals surface area contributed by atoms with Crippen molar-refractivity contribution in [3.8, 4) is 0 Å². The third-order valence-corrected chi connectivity index (χ3v) is 3.97. The van der Waals surface area contributed by atoms with Gasteiger partial charge >= 0.3 is 0 Å². The van der Waals surface area contributed by atoms with Crippen molar-refractivity contribution in [1.29, 1.82) is 0 Å². The molecule has 1 aromatic rings.